The lowest BCUT2D eigenvalue weighted by molar-refractivity contribution is -0.149. The summed E-state index contributed by atoms with van der Waals surface area (Å²) < 4.78 is 19.6. The second-order valence-electron chi connectivity index (χ2n) is 6.51. The van der Waals surface area contributed by atoms with Gasteiger partial charge < -0.3 is 10.5 Å². The molecule has 1 aromatic rings. The molecule has 3 rings (SSSR count). The molecular weight excluding hydrogens is 333 g/mol. The summed E-state index contributed by atoms with van der Waals surface area (Å²) in [5.41, 5.74) is 5.17. The molecule has 0 aromatic heterocycles. The largest absolute Gasteiger partial charge is 0.468 e. The quantitative estimate of drug-likeness (QED) is 0.825. The van der Waals surface area contributed by atoms with Crippen molar-refractivity contribution >= 4 is 5.97 Å². The van der Waals surface area contributed by atoms with Crippen molar-refractivity contribution in [2.24, 2.45) is 17.1 Å². The van der Waals surface area contributed by atoms with Gasteiger partial charge in [0.25, 0.3) is 0 Å². The number of methoxy groups -OCH3 is 1. The molecule has 26 heavy (non-hydrogen) atoms. The van der Waals surface area contributed by atoms with Crippen LogP contribution in [0.25, 0.3) is 0 Å². The SMILES string of the molecule is COC(=O)[C@]1(C#N)C(N)=C(C#N)C2=CCCC[C@H]2[C@@H]1c1ccccc1F. The summed E-state index contributed by atoms with van der Waals surface area (Å²) in [5, 5.41) is 19.7. The molecule has 2 aliphatic rings. The van der Waals surface area contributed by atoms with E-state index in [0.29, 0.717) is 12.0 Å². The molecule has 0 saturated heterocycles. The number of esters is 1. The Morgan fingerprint density at radius 1 is 1.38 bits per heavy atom. The molecule has 6 heteroatoms. The first-order valence-corrected chi connectivity index (χ1v) is 8.37. The van der Waals surface area contributed by atoms with Crippen LogP contribution in [0.5, 0.6) is 0 Å². The van der Waals surface area contributed by atoms with Crippen LogP contribution in [0.4, 0.5) is 4.39 Å². The van der Waals surface area contributed by atoms with E-state index in [9.17, 15) is 19.7 Å². The van der Waals surface area contributed by atoms with Gasteiger partial charge in [0.15, 0.2) is 0 Å². The van der Waals surface area contributed by atoms with Crippen LogP contribution >= 0.6 is 0 Å². The molecule has 1 aromatic carbocycles. The molecular formula is C20H18FN3O2. The molecule has 0 spiro atoms. The summed E-state index contributed by atoms with van der Waals surface area (Å²) >= 11 is 0. The smallest absolute Gasteiger partial charge is 0.333 e. The molecule has 0 saturated carbocycles. The predicted octanol–water partition coefficient (Wildman–Crippen LogP) is 3.07. The van der Waals surface area contributed by atoms with Gasteiger partial charge in [-0.05, 0) is 42.4 Å². The van der Waals surface area contributed by atoms with Crippen molar-refractivity contribution < 1.29 is 13.9 Å². The fraction of sp³-hybridized carbons (Fsp3) is 0.350. The number of nitrogens with zero attached hydrogens (tertiary/aromatic N) is 2. The van der Waals surface area contributed by atoms with E-state index in [2.05, 4.69) is 0 Å². The number of carbonyl (C=O) groups is 1. The number of allylic oxidation sites excluding steroid dienone is 3. The van der Waals surface area contributed by atoms with E-state index in [4.69, 9.17) is 10.5 Å². The van der Waals surface area contributed by atoms with Crippen molar-refractivity contribution in [1.82, 2.24) is 0 Å². The molecule has 0 amide bonds. The van der Waals surface area contributed by atoms with Crippen LogP contribution in [-0.4, -0.2) is 13.1 Å². The summed E-state index contributed by atoms with van der Waals surface area (Å²) in [6.07, 6.45) is 4.13. The third-order valence-electron chi connectivity index (χ3n) is 5.37. The monoisotopic (exact) mass is 351 g/mol. The number of ether oxygens (including phenoxy) is 1. The van der Waals surface area contributed by atoms with Gasteiger partial charge in [-0.1, -0.05) is 24.3 Å². The number of benzene rings is 1. The summed E-state index contributed by atoms with van der Waals surface area (Å²) in [4.78, 5) is 12.8. The molecule has 5 nitrogen and oxygen atoms in total. The minimum atomic E-state index is -1.94. The van der Waals surface area contributed by atoms with Crippen molar-refractivity contribution in [2.75, 3.05) is 7.11 Å². The summed E-state index contributed by atoms with van der Waals surface area (Å²) in [6.45, 7) is 0. The number of halogens is 1. The number of nitriles is 2. The van der Waals surface area contributed by atoms with Crippen molar-refractivity contribution in [1.29, 1.82) is 10.5 Å². The van der Waals surface area contributed by atoms with Gasteiger partial charge in [-0.25, -0.2) is 9.18 Å². The van der Waals surface area contributed by atoms with Gasteiger partial charge in [-0.2, -0.15) is 10.5 Å². The van der Waals surface area contributed by atoms with Crippen molar-refractivity contribution in [2.45, 2.75) is 25.2 Å². The number of nitrogens with two attached hydrogens (primary N) is 1. The van der Waals surface area contributed by atoms with Crippen molar-refractivity contribution in [3.8, 4) is 12.1 Å². The van der Waals surface area contributed by atoms with Gasteiger partial charge in [-0.3, -0.25) is 0 Å². The van der Waals surface area contributed by atoms with E-state index < -0.39 is 23.1 Å². The lowest BCUT2D eigenvalue weighted by atomic mass is 9.56. The Balaban J connectivity index is 2.40. The van der Waals surface area contributed by atoms with Gasteiger partial charge in [-0.15, -0.1) is 0 Å². The topological polar surface area (TPSA) is 99.9 Å². The van der Waals surface area contributed by atoms with Crippen LogP contribution in [0.15, 0.2) is 47.2 Å². The highest BCUT2D eigenvalue weighted by molar-refractivity contribution is 5.87. The van der Waals surface area contributed by atoms with Gasteiger partial charge in [0.2, 0.25) is 5.41 Å². The molecule has 2 N–H and O–H groups in total. The standard InChI is InChI=1S/C20H18FN3O2/c1-26-19(25)20(11-23)17(14-8-4-5-9-16(14)21)13-7-3-2-6-12(13)15(10-22)18(20)24/h4-6,8-9,13,17H,2-3,7,24H2,1H3/t13-,17-,20+/m1/s1. The number of rotatable bonds is 2. The van der Waals surface area contributed by atoms with Gasteiger partial charge in [0.05, 0.1) is 24.4 Å². The van der Waals surface area contributed by atoms with Crippen LogP contribution < -0.4 is 5.73 Å². The van der Waals surface area contributed by atoms with Crippen molar-refractivity contribution in [3.05, 3.63) is 58.6 Å². The first kappa shape index (κ1) is 17.7. The third kappa shape index (κ3) is 2.30. The summed E-state index contributed by atoms with van der Waals surface area (Å²) in [6, 6.07) is 10.1. The van der Waals surface area contributed by atoms with E-state index in [1.54, 1.807) is 18.2 Å². The maximum atomic E-state index is 14.7. The molecule has 0 radical (unpaired) electrons. The number of hydrogen-bond acceptors (Lipinski definition) is 5. The van der Waals surface area contributed by atoms with E-state index in [0.717, 1.165) is 20.0 Å². The Morgan fingerprint density at radius 2 is 2.12 bits per heavy atom. The van der Waals surface area contributed by atoms with Crippen LogP contribution in [0.1, 0.15) is 30.7 Å². The number of carbonyl (C=O) groups excluding carboxylic acids is 1. The minimum Gasteiger partial charge on any atom is -0.468 e. The van der Waals surface area contributed by atoms with E-state index in [-0.39, 0.29) is 22.8 Å². The fourth-order valence-electron chi connectivity index (χ4n) is 4.23. The fourth-order valence-corrected chi connectivity index (χ4v) is 4.23. The minimum absolute atomic E-state index is 0.134. The van der Waals surface area contributed by atoms with E-state index in [1.807, 2.05) is 18.2 Å². The van der Waals surface area contributed by atoms with Crippen molar-refractivity contribution in [3.63, 3.8) is 0 Å². The zero-order valence-electron chi connectivity index (χ0n) is 14.3. The Hall–Kier alpha value is -3.12. The maximum Gasteiger partial charge on any atom is 0.333 e. The molecule has 0 aliphatic heterocycles. The predicted molar refractivity (Wildman–Crippen MR) is 91.5 cm³/mol. The molecule has 0 heterocycles. The van der Waals surface area contributed by atoms with E-state index in [1.165, 1.54) is 6.07 Å². The maximum absolute atomic E-state index is 14.7. The first-order valence-electron chi connectivity index (χ1n) is 8.37. The van der Waals surface area contributed by atoms with Gasteiger partial charge in [0.1, 0.15) is 11.9 Å². The highest BCUT2D eigenvalue weighted by Gasteiger charge is 2.59. The zero-order valence-corrected chi connectivity index (χ0v) is 14.3. The van der Waals surface area contributed by atoms with E-state index >= 15 is 0 Å². The Morgan fingerprint density at radius 3 is 2.73 bits per heavy atom. The first-order chi connectivity index (χ1) is 12.5. The highest BCUT2D eigenvalue weighted by Crippen LogP contribution is 2.56. The average molecular weight is 351 g/mol. The summed E-state index contributed by atoms with van der Waals surface area (Å²) in [5.74, 6) is -2.60. The lowest BCUT2D eigenvalue weighted by Gasteiger charge is -2.44. The van der Waals surface area contributed by atoms with Crippen LogP contribution in [0.2, 0.25) is 0 Å². The number of hydrogen-bond donors (Lipinski definition) is 1. The highest BCUT2D eigenvalue weighted by atomic mass is 19.1. The molecule has 0 bridgehead atoms. The normalized spacial score (nSPS) is 27.6. The Kier molecular flexibility index (Phi) is 4.52. The second kappa shape index (κ2) is 6.65. The van der Waals surface area contributed by atoms with Crippen LogP contribution in [0, 0.1) is 39.8 Å². The molecule has 3 atom stereocenters. The summed E-state index contributed by atoms with van der Waals surface area (Å²) in [7, 11) is 1.16. The Bertz CT molecular complexity index is 906. The second-order valence-corrected chi connectivity index (χ2v) is 6.51. The van der Waals surface area contributed by atoms with Crippen LogP contribution in [0.3, 0.4) is 0 Å². The Labute approximate surface area is 151 Å². The molecule has 132 valence electrons. The number of fused-ring (bicyclic) bond motifs is 1. The zero-order chi connectivity index (χ0) is 18.9. The lowest BCUT2D eigenvalue weighted by Crippen LogP contribution is -2.49. The van der Waals surface area contributed by atoms with Crippen LogP contribution in [-0.2, 0) is 9.53 Å². The third-order valence-corrected chi connectivity index (χ3v) is 5.37. The molecule has 0 unspecified atom stereocenters. The molecule has 2 aliphatic carbocycles. The average Bonchev–Trinajstić information content (AvgIpc) is 2.67. The van der Waals surface area contributed by atoms with Gasteiger partial charge >= 0.3 is 5.97 Å². The molecule has 0 fully saturated rings. The van der Waals surface area contributed by atoms with Gasteiger partial charge in [0, 0.05) is 5.92 Å².